The summed E-state index contributed by atoms with van der Waals surface area (Å²) in [4.78, 5) is 0. The molecular formula is C7H15O2. The third kappa shape index (κ3) is 4.43. The molecule has 0 aromatic carbocycles. The minimum atomic E-state index is -0.378. The van der Waals surface area contributed by atoms with E-state index >= 15 is 0 Å². The summed E-state index contributed by atoms with van der Waals surface area (Å²) >= 11 is 0. The Hall–Kier alpha value is -0.0800. The van der Waals surface area contributed by atoms with Gasteiger partial charge in [-0.05, 0) is 20.3 Å². The number of aliphatic hydroxyl groups is 1. The average molecular weight is 131 g/mol. The van der Waals surface area contributed by atoms with Crippen LogP contribution in [0.4, 0.5) is 0 Å². The standard InChI is InChI=1S/C7H15O2/c1-4-5-9-7(3)6(2)8/h6-8H,1,4-5H2,2-3H3. The Kier molecular flexibility index (Phi) is 4.72. The van der Waals surface area contributed by atoms with Gasteiger partial charge in [-0.15, -0.1) is 0 Å². The molecule has 0 aliphatic rings. The van der Waals surface area contributed by atoms with Crippen molar-refractivity contribution in [1.82, 2.24) is 0 Å². The number of rotatable bonds is 4. The second-order valence-electron chi connectivity index (χ2n) is 2.17. The van der Waals surface area contributed by atoms with E-state index < -0.39 is 0 Å². The van der Waals surface area contributed by atoms with Gasteiger partial charge in [-0.1, -0.05) is 6.92 Å². The molecule has 1 N–H and O–H groups in total. The van der Waals surface area contributed by atoms with Crippen LogP contribution in [-0.4, -0.2) is 23.9 Å². The van der Waals surface area contributed by atoms with Crippen LogP contribution in [0.15, 0.2) is 0 Å². The molecule has 2 unspecified atom stereocenters. The Morgan fingerprint density at radius 2 is 2.11 bits per heavy atom. The van der Waals surface area contributed by atoms with Crippen LogP contribution in [0.2, 0.25) is 0 Å². The van der Waals surface area contributed by atoms with E-state index in [1.54, 1.807) is 6.92 Å². The van der Waals surface area contributed by atoms with E-state index in [0.29, 0.717) is 6.61 Å². The van der Waals surface area contributed by atoms with Crippen molar-refractivity contribution in [3.8, 4) is 0 Å². The Bertz CT molecular complexity index is 61.9. The maximum atomic E-state index is 8.90. The summed E-state index contributed by atoms with van der Waals surface area (Å²) in [6.07, 6.45) is 0.320. The summed E-state index contributed by atoms with van der Waals surface area (Å²) in [6.45, 7) is 7.80. The molecule has 0 fully saturated rings. The van der Waals surface area contributed by atoms with Crippen LogP contribution in [0.1, 0.15) is 20.3 Å². The third-order valence-corrected chi connectivity index (χ3v) is 1.20. The lowest BCUT2D eigenvalue weighted by atomic mass is 10.3. The number of aliphatic hydroxyl groups excluding tert-OH is 1. The average Bonchev–Trinajstić information content (AvgIpc) is 1.82. The predicted octanol–water partition coefficient (Wildman–Crippen LogP) is 0.996. The van der Waals surface area contributed by atoms with Crippen molar-refractivity contribution < 1.29 is 9.84 Å². The summed E-state index contributed by atoms with van der Waals surface area (Å²) < 4.78 is 5.14. The van der Waals surface area contributed by atoms with Gasteiger partial charge in [0.15, 0.2) is 0 Å². The van der Waals surface area contributed by atoms with E-state index in [1.165, 1.54) is 0 Å². The highest BCUT2D eigenvalue weighted by Crippen LogP contribution is 1.97. The van der Waals surface area contributed by atoms with E-state index in [4.69, 9.17) is 9.84 Å². The van der Waals surface area contributed by atoms with Crippen molar-refractivity contribution in [1.29, 1.82) is 0 Å². The van der Waals surface area contributed by atoms with Crippen LogP contribution < -0.4 is 0 Å². The lowest BCUT2D eigenvalue weighted by Crippen LogP contribution is -2.22. The molecule has 2 heteroatoms. The Morgan fingerprint density at radius 3 is 2.44 bits per heavy atom. The molecule has 55 valence electrons. The zero-order valence-electron chi connectivity index (χ0n) is 6.13. The first kappa shape index (κ1) is 8.92. The second-order valence-corrected chi connectivity index (χ2v) is 2.17. The van der Waals surface area contributed by atoms with Crippen molar-refractivity contribution in [2.24, 2.45) is 0 Å². The van der Waals surface area contributed by atoms with E-state index in [-0.39, 0.29) is 12.2 Å². The quantitative estimate of drug-likeness (QED) is 0.616. The van der Waals surface area contributed by atoms with Crippen molar-refractivity contribution in [2.45, 2.75) is 32.5 Å². The van der Waals surface area contributed by atoms with Crippen LogP contribution in [0.5, 0.6) is 0 Å². The van der Waals surface area contributed by atoms with Gasteiger partial charge in [0.25, 0.3) is 0 Å². The van der Waals surface area contributed by atoms with Gasteiger partial charge in [0.1, 0.15) is 0 Å². The largest absolute Gasteiger partial charge is 0.391 e. The zero-order chi connectivity index (χ0) is 7.28. The van der Waals surface area contributed by atoms with Crippen molar-refractivity contribution >= 4 is 0 Å². The molecule has 0 spiro atoms. The van der Waals surface area contributed by atoms with Gasteiger partial charge >= 0.3 is 0 Å². The number of hydrogen-bond donors (Lipinski definition) is 1. The van der Waals surface area contributed by atoms with Crippen molar-refractivity contribution in [2.75, 3.05) is 6.61 Å². The fraction of sp³-hybridized carbons (Fsp3) is 0.857. The van der Waals surface area contributed by atoms with Crippen LogP contribution in [0.25, 0.3) is 0 Å². The Morgan fingerprint density at radius 1 is 1.56 bits per heavy atom. The molecule has 0 aromatic heterocycles. The number of hydrogen-bond acceptors (Lipinski definition) is 2. The molecule has 0 bridgehead atoms. The summed E-state index contributed by atoms with van der Waals surface area (Å²) in [7, 11) is 0. The van der Waals surface area contributed by atoms with Gasteiger partial charge in [0.05, 0.1) is 12.2 Å². The minimum Gasteiger partial charge on any atom is -0.391 e. The number of ether oxygens (including phenoxy) is 1. The molecule has 0 heterocycles. The van der Waals surface area contributed by atoms with Gasteiger partial charge in [0.2, 0.25) is 0 Å². The lowest BCUT2D eigenvalue weighted by Gasteiger charge is -2.14. The molecule has 2 atom stereocenters. The first-order valence-electron chi connectivity index (χ1n) is 3.27. The molecule has 1 radical (unpaired) electrons. The van der Waals surface area contributed by atoms with Crippen LogP contribution in [-0.2, 0) is 4.74 Å². The van der Waals surface area contributed by atoms with E-state index in [2.05, 4.69) is 6.92 Å². The molecule has 9 heavy (non-hydrogen) atoms. The summed E-state index contributed by atoms with van der Waals surface area (Å²) in [5, 5.41) is 8.90. The normalized spacial score (nSPS) is 17.3. The fourth-order valence-corrected chi connectivity index (χ4v) is 0.408. The first-order chi connectivity index (χ1) is 4.18. The zero-order valence-corrected chi connectivity index (χ0v) is 6.13. The topological polar surface area (TPSA) is 29.5 Å². The van der Waals surface area contributed by atoms with Crippen molar-refractivity contribution in [3.63, 3.8) is 0 Å². The highest BCUT2D eigenvalue weighted by Gasteiger charge is 2.06. The predicted molar refractivity (Wildman–Crippen MR) is 37.1 cm³/mol. The summed E-state index contributed by atoms with van der Waals surface area (Å²) in [5.74, 6) is 0. The van der Waals surface area contributed by atoms with Crippen LogP contribution >= 0.6 is 0 Å². The summed E-state index contributed by atoms with van der Waals surface area (Å²) in [6, 6.07) is 0. The molecular weight excluding hydrogens is 116 g/mol. The van der Waals surface area contributed by atoms with Crippen LogP contribution in [0.3, 0.4) is 0 Å². The van der Waals surface area contributed by atoms with Gasteiger partial charge in [-0.2, -0.15) is 0 Å². The highest BCUT2D eigenvalue weighted by atomic mass is 16.5. The fourth-order valence-electron chi connectivity index (χ4n) is 0.408. The first-order valence-corrected chi connectivity index (χ1v) is 3.27. The van der Waals surface area contributed by atoms with E-state index in [9.17, 15) is 0 Å². The monoisotopic (exact) mass is 131 g/mol. The Balaban J connectivity index is 3.16. The molecule has 0 aliphatic carbocycles. The van der Waals surface area contributed by atoms with E-state index in [0.717, 1.165) is 6.42 Å². The van der Waals surface area contributed by atoms with Gasteiger partial charge in [0, 0.05) is 6.61 Å². The molecule has 0 saturated carbocycles. The van der Waals surface area contributed by atoms with Crippen molar-refractivity contribution in [3.05, 3.63) is 6.92 Å². The molecule has 2 nitrogen and oxygen atoms in total. The maximum absolute atomic E-state index is 8.90. The summed E-state index contributed by atoms with van der Waals surface area (Å²) in [5.41, 5.74) is 0. The second kappa shape index (κ2) is 4.77. The van der Waals surface area contributed by atoms with Gasteiger partial charge in [-0.25, -0.2) is 0 Å². The Labute approximate surface area is 56.8 Å². The minimum absolute atomic E-state index is 0.0632. The molecule has 0 aliphatic heterocycles. The SMILES string of the molecule is [CH2]CCOC(C)C(C)O. The lowest BCUT2D eigenvalue weighted by molar-refractivity contribution is -0.0164. The van der Waals surface area contributed by atoms with Crippen LogP contribution in [0, 0.1) is 6.92 Å². The molecule has 0 amide bonds. The maximum Gasteiger partial charge on any atom is 0.0803 e. The smallest absolute Gasteiger partial charge is 0.0803 e. The molecule has 0 rings (SSSR count). The molecule has 0 saturated heterocycles. The van der Waals surface area contributed by atoms with Gasteiger partial charge < -0.3 is 9.84 Å². The van der Waals surface area contributed by atoms with Gasteiger partial charge in [-0.3, -0.25) is 0 Å². The third-order valence-electron chi connectivity index (χ3n) is 1.20. The van der Waals surface area contributed by atoms with E-state index in [1.807, 2.05) is 6.92 Å². The molecule has 0 aromatic rings. The highest BCUT2D eigenvalue weighted by molar-refractivity contribution is 4.56.